The number of carboxylic acids is 1. The van der Waals surface area contributed by atoms with E-state index in [2.05, 4.69) is 5.32 Å². The average Bonchev–Trinajstić information content (AvgIpc) is 2.58. The van der Waals surface area contributed by atoms with Crippen molar-refractivity contribution in [1.29, 1.82) is 0 Å². The van der Waals surface area contributed by atoms with Crippen molar-refractivity contribution in [3.05, 3.63) is 59.2 Å². The van der Waals surface area contributed by atoms with Gasteiger partial charge in [-0.15, -0.1) is 0 Å². The number of carboxylic acid groups (broad SMARTS) is 1. The number of anilines is 1. The first-order chi connectivity index (χ1) is 12.3. The van der Waals surface area contributed by atoms with E-state index in [1.807, 2.05) is 0 Å². The largest absolute Gasteiger partial charge is 0.482 e. The van der Waals surface area contributed by atoms with Crippen LogP contribution in [-0.2, 0) is 16.0 Å². The lowest BCUT2D eigenvalue weighted by Crippen LogP contribution is -2.13. The lowest BCUT2D eigenvalue weighted by molar-refractivity contribution is -0.139. The third-order valence-electron chi connectivity index (χ3n) is 3.69. The molecule has 0 bridgehead atoms. The molecule has 0 atom stereocenters. The molecule has 0 radical (unpaired) electrons. The van der Waals surface area contributed by atoms with Crippen LogP contribution in [0.4, 0.5) is 14.5 Å². The molecule has 0 heterocycles. The standard InChI is InChI=1S/C19H19F2NO4/c1-12-9-14(26-11-19(24)25)6-8-17(12)22-18(23)4-2-3-13-5-7-15(20)16(21)10-13/h5-10H,2-4,11H2,1H3,(H,22,23)(H,24,25). The zero-order valence-corrected chi connectivity index (χ0v) is 14.2. The van der Waals surface area contributed by atoms with Crippen LogP contribution < -0.4 is 10.1 Å². The van der Waals surface area contributed by atoms with E-state index in [-0.39, 0.29) is 12.3 Å². The summed E-state index contributed by atoms with van der Waals surface area (Å²) in [6.07, 6.45) is 1.19. The lowest BCUT2D eigenvalue weighted by atomic mass is 10.1. The maximum Gasteiger partial charge on any atom is 0.341 e. The van der Waals surface area contributed by atoms with Crippen LogP contribution in [0.5, 0.6) is 5.75 Å². The Balaban J connectivity index is 1.83. The van der Waals surface area contributed by atoms with Crippen LogP contribution in [0.15, 0.2) is 36.4 Å². The Morgan fingerprint density at radius 3 is 2.54 bits per heavy atom. The summed E-state index contributed by atoms with van der Waals surface area (Å²) in [6, 6.07) is 8.55. The molecule has 0 spiro atoms. The van der Waals surface area contributed by atoms with Gasteiger partial charge in [-0.1, -0.05) is 6.07 Å². The summed E-state index contributed by atoms with van der Waals surface area (Å²) >= 11 is 0. The highest BCUT2D eigenvalue weighted by Crippen LogP contribution is 2.22. The van der Waals surface area contributed by atoms with Crippen LogP contribution in [-0.4, -0.2) is 23.6 Å². The van der Waals surface area contributed by atoms with Crippen molar-refractivity contribution < 1.29 is 28.2 Å². The zero-order chi connectivity index (χ0) is 19.1. The van der Waals surface area contributed by atoms with E-state index in [4.69, 9.17) is 9.84 Å². The second kappa shape index (κ2) is 8.94. The second-order valence-electron chi connectivity index (χ2n) is 5.81. The fraction of sp³-hybridized carbons (Fsp3) is 0.263. The molecule has 2 aromatic rings. The summed E-state index contributed by atoms with van der Waals surface area (Å²) in [4.78, 5) is 22.5. The Kier molecular flexibility index (Phi) is 6.66. The van der Waals surface area contributed by atoms with Crippen molar-refractivity contribution in [2.75, 3.05) is 11.9 Å². The molecule has 2 N–H and O–H groups in total. The minimum Gasteiger partial charge on any atom is -0.482 e. The molecule has 0 saturated carbocycles. The first-order valence-electron chi connectivity index (χ1n) is 8.04. The molecule has 0 aromatic heterocycles. The molecular weight excluding hydrogens is 344 g/mol. The molecule has 0 aliphatic carbocycles. The van der Waals surface area contributed by atoms with Gasteiger partial charge in [0.1, 0.15) is 5.75 Å². The number of hydrogen-bond acceptors (Lipinski definition) is 3. The van der Waals surface area contributed by atoms with Gasteiger partial charge in [0.15, 0.2) is 18.2 Å². The number of carbonyl (C=O) groups is 2. The number of hydrogen-bond donors (Lipinski definition) is 2. The molecule has 1 amide bonds. The molecular formula is C19H19F2NO4. The van der Waals surface area contributed by atoms with Crippen LogP contribution in [0.1, 0.15) is 24.0 Å². The molecule has 0 unspecified atom stereocenters. The molecule has 7 heteroatoms. The first-order valence-corrected chi connectivity index (χ1v) is 8.04. The van der Waals surface area contributed by atoms with E-state index < -0.39 is 24.2 Å². The predicted octanol–water partition coefficient (Wildman–Crippen LogP) is 3.70. The van der Waals surface area contributed by atoms with Crippen molar-refractivity contribution in [2.45, 2.75) is 26.2 Å². The van der Waals surface area contributed by atoms with Crippen LogP contribution >= 0.6 is 0 Å². The Bertz CT molecular complexity index is 808. The third-order valence-corrected chi connectivity index (χ3v) is 3.69. The van der Waals surface area contributed by atoms with Crippen LogP contribution in [0.3, 0.4) is 0 Å². The maximum atomic E-state index is 13.1. The lowest BCUT2D eigenvalue weighted by Gasteiger charge is -2.11. The van der Waals surface area contributed by atoms with E-state index in [9.17, 15) is 18.4 Å². The monoisotopic (exact) mass is 363 g/mol. The molecule has 0 aliphatic rings. The fourth-order valence-electron chi connectivity index (χ4n) is 2.37. The van der Waals surface area contributed by atoms with Gasteiger partial charge in [0.05, 0.1) is 0 Å². The van der Waals surface area contributed by atoms with Gasteiger partial charge in [0.2, 0.25) is 5.91 Å². The SMILES string of the molecule is Cc1cc(OCC(=O)O)ccc1NC(=O)CCCc1ccc(F)c(F)c1. The van der Waals surface area contributed by atoms with E-state index >= 15 is 0 Å². The quantitative estimate of drug-likeness (QED) is 0.750. The van der Waals surface area contributed by atoms with Crippen molar-refractivity contribution in [2.24, 2.45) is 0 Å². The molecule has 138 valence electrons. The number of rotatable bonds is 8. The van der Waals surface area contributed by atoms with E-state index in [0.717, 1.165) is 17.7 Å². The summed E-state index contributed by atoms with van der Waals surface area (Å²) < 4.78 is 31.1. The summed E-state index contributed by atoms with van der Waals surface area (Å²) in [5, 5.41) is 11.4. The Morgan fingerprint density at radius 2 is 1.88 bits per heavy atom. The second-order valence-corrected chi connectivity index (χ2v) is 5.81. The van der Waals surface area contributed by atoms with E-state index in [0.29, 0.717) is 29.8 Å². The Hall–Kier alpha value is -2.96. The average molecular weight is 363 g/mol. The first kappa shape index (κ1) is 19.4. The molecule has 0 aliphatic heterocycles. The maximum absolute atomic E-state index is 13.1. The molecule has 2 rings (SSSR count). The number of carbonyl (C=O) groups excluding carboxylic acids is 1. The number of aryl methyl sites for hydroxylation is 2. The van der Waals surface area contributed by atoms with Crippen LogP contribution in [0.25, 0.3) is 0 Å². The number of aliphatic carboxylic acids is 1. The molecule has 0 fully saturated rings. The predicted molar refractivity (Wildman–Crippen MR) is 92.2 cm³/mol. The Labute approximate surface area is 149 Å². The molecule has 2 aromatic carbocycles. The zero-order valence-electron chi connectivity index (χ0n) is 14.2. The van der Waals surface area contributed by atoms with Crippen molar-refractivity contribution in [3.63, 3.8) is 0 Å². The summed E-state index contributed by atoms with van der Waals surface area (Å²) in [5.41, 5.74) is 1.97. The van der Waals surface area contributed by atoms with Crippen LogP contribution in [0.2, 0.25) is 0 Å². The molecule has 5 nitrogen and oxygen atoms in total. The topological polar surface area (TPSA) is 75.6 Å². The van der Waals surface area contributed by atoms with Crippen molar-refractivity contribution in [3.8, 4) is 5.75 Å². The van der Waals surface area contributed by atoms with Crippen molar-refractivity contribution in [1.82, 2.24) is 0 Å². The highest BCUT2D eigenvalue weighted by atomic mass is 19.2. The number of ether oxygens (including phenoxy) is 1. The van der Waals surface area contributed by atoms with E-state index in [1.54, 1.807) is 25.1 Å². The molecule has 0 saturated heterocycles. The van der Waals surface area contributed by atoms with Gasteiger partial charge >= 0.3 is 5.97 Å². The van der Waals surface area contributed by atoms with Gasteiger partial charge in [0, 0.05) is 12.1 Å². The number of benzene rings is 2. The van der Waals surface area contributed by atoms with Gasteiger partial charge in [-0.05, 0) is 61.2 Å². The highest BCUT2D eigenvalue weighted by Gasteiger charge is 2.08. The highest BCUT2D eigenvalue weighted by molar-refractivity contribution is 5.91. The fourth-order valence-corrected chi connectivity index (χ4v) is 2.37. The van der Waals surface area contributed by atoms with Crippen LogP contribution in [0, 0.1) is 18.6 Å². The summed E-state index contributed by atoms with van der Waals surface area (Å²) in [5.74, 6) is -2.65. The smallest absolute Gasteiger partial charge is 0.341 e. The minimum absolute atomic E-state index is 0.199. The minimum atomic E-state index is -1.07. The van der Waals surface area contributed by atoms with Gasteiger partial charge < -0.3 is 15.2 Å². The van der Waals surface area contributed by atoms with Gasteiger partial charge in [-0.2, -0.15) is 0 Å². The Morgan fingerprint density at radius 1 is 1.12 bits per heavy atom. The van der Waals surface area contributed by atoms with Gasteiger partial charge in [0.25, 0.3) is 0 Å². The molecule has 26 heavy (non-hydrogen) atoms. The summed E-state index contributed by atoms with van der Waals surface area (Å²) in [6.45, 7) is 1.33. The van der Waals surface area contributed by atoms with Gasteiger partial charge in [-0.3, -0.25) is 4.79 Å². The number of nitrogens with one attached hydrogen (secondary N) is 1. The number of halogens is 2. The van der Waals surface area contributed by atoms with Crippen molar-refractivity contribution >= 4 is 17.6 Å². The number of amides is 1. The third kappa shape index (κ3) is 5.84. The van der Waals surface area contributed by atoms with Gasteiger partial charge in [-0.25, -0.2) is 13.6 Å². The summed E-state index contributed by atoms with van der Waals surface area (Å²) in [7, 11) is 0. The van der Waals surface area contributed by atoms with E-state index in [1.165, 1.54) is 6.07 Å². The normalized spacial score (nSPS) is 10.4.